The average Bonchev–Trinajstić information content (AvgIpc) is 3.35. The number of nitrogens with zero attached hydrogens (tertiary/aromatic N) is 3. The molecule has 2 aliphatic heterocycles. The number of hydrogen-bond donors (Lipinski definition) is 1. The van der Waals surface area contributed by atoms with E-state index in [9.17, 15) is 14.4 Å². The first kappa shape index (κ1) is 20.3. The van der Waals surface area contributed by atoms with Crippen molar-refractivity contribution in [3.8, 4) is 5.69 Å². The minimum Gasteiger partial charge on any atom is -0.347 e. The van der Waals surface area contributed by atoms with Crippen LogP contribution < -0.4 is 15.8 Å². The van der Waals surface area contributed by atoms with Crippen molar-refractivity contribution in [3.63, 3.8) is 0 Å². The zero-order chi connectivity index (χ0) is 22.2. The molecule has 0 bridgehead atoms. The first-order valence-electron chi connectivity index (χ1n) is 10.4. The normalized spacial score (nSPS) is 19.8. The number of amides is 3. The fourth-order valence-electron chi connectivity index (χ4n) is 4.41. The molecule has 7 nitrogen and oxygen atoms in total. The largest absolute Gasteiger partial charge is 0.347 e. The predicted octanol–water partition coefficient (Wildman–Crippen LogP) is 3.30. The Balaban J connectivity index is 1.30. The van der Waals surface area contributed by atoms with Crippen LogP contribution in [0.5, 0.6) is 0 Å². The van der Waals surface area contributed by atoms with E-state index in [1.165, 1.54) is 6.07 Å². The maximum Gasteiger partial charge on any atom is 0.324 e. The lowest BCUT2D eigenvalue weighted by Crippen LogP contribution is -2.44. The Bertz CT molecular complexity index is 1220. The molecule has 3 aromatic rings. The van der Waals surface area contributed by atoms with Crippen molar-refractivity contribution in [3.05, 3.63) is 93.9 Å². The molecule has 8 heteroatoms. The number of benzene rings is 2. The van der Waals surface area contributed by atoms with Crippen LogP contribution in [0.25, 0.3) is 5.69 Å². The molecule has 2 aliphatic rings. The molecule has 3 amide bonds. The van der Waals surface area contributed by atoms with Crippen molar-refractivity contribution < 1.29 is 9.59 Å². The molecule has 0 radical (unpaired) electrons. The highest BCUT2D eigenvalue weighted by molar-refractivity contribution is 6.30. The second-order valence-corrected chi connectivity index (χ2v) is 8.39. The van der Waals surface area contributed by atoms with Crippen LogP contribution in [0.1, 0.15) is 16.8 Å². The number of anilines is 1. The lowest BCUT2D eigenvalue weighted by Gasteiger charge is -2.20. The van der Waals surface area contributed by atoms with E-state index in [2.05, 4.69) is 5.32 Å². The Morgan fingerprint density at radius 1 is 0.938 bits per heavy atom. The van der Waals surface area contributed by atoms with Crippen LogP contribution in [0.3, 0.4) is 0 Å². The molecule has 2 aromatic carbocycles. The number of aromatic nitrogens is 1. The Hall–Kier alpha value is -3.58. The average molecular weight is 449 g/mol. The number of carbonyl (C=O) groups is 2. The fourth-order valence-corrected chi connectivity index (χ4v) is 4.53. The summed E-state index contributed by atoms with van der Waals surface area (Å²) in [6, 6.07) is 18.8. The molecule has 1 unspecified atom stereocenters. The maximum atomic E-state index is 13.0. The molecule has 2 fully saturated rings. The van der Waals surface area contributed by atoms with Gasteiger partial charge >= 0.3 is 6.03 Å². The summed E-state index contributed by atoms with van der Waals surface area (Å²) in [6.07, 6.45) is 2.43. The highest BCUT2D eigenvalue weighted by Crippen LogP contribution is 2.31. The number of fused-ring (bicyclic) bond motifs is 1. The van der Waals surface area contributed by atoms with Gasteiger partial charge in [0, 0.05) is 40.8 Å². The van der Waals surface area contributed by atoms with Crippen LogP contribution in [-0.2, 0) is 0 Å². The smallest absolute Gasteiger partial charge is 0.324 e. The Kier molecular flexibility index (Phi) is 5.19. The molecule has 2 saturated heterocycles. The summed E-state index contributed by atoms with van der Waals surface area (Å²) in [4.78, 5) is 41.2. The molecule has 32 heavy (non-hydrogen) atoms. The number of urea groups is 1. The molecular weight excluding hydrogens is 428 g/mol. The van der Waals surface area contributed by atoms with Gasteiger partial charge in [-0.1, -0.05) is 17.7 Å². The van der Waals surface area contributed by atoms with Crippen LogP contribution in [-0.4, -0.2) is 46.6 Å². The van der Waals surface area contributed by atoms with Crippen LogP contribution in [0.2, 0.25) is 5.02 Å². The third kappa shape index (κ3) is 3.65. The van der Waals surface area contributed by atoms with Crippen LogP contribution in [0.4, 0.5) is 10.5 Å². The number of hydrogen-bond acceptors (Lipinski definition) is 3. The molecule has 0 saturated carbocycles. The molecule has 162 valence electrons. The summed E-state index contributed by atoms with van der Waals surface area (Å²) in [5.41, 5.74) is 1.93. The maximum absolute atomic E-state index is 13.0. The van der Waals surface area contributed by atoms with Gasteiger partial charge in [-0.15, -0.1) is 0 Å². The molecule has 3 heterocycles. The molecule has 1 aromatic heterocycles. The Labute approximate surface area is 189 Å². The topological polar surface area (TPSA) is 74.7 Å². The summed E-state index contributed by atoms with van der Waals surface area (Å²) in [7, 11) is 0. The third-order valence-electron chi connectivity index (χ3n) is 6.08. The molecule has 1 N–H and O–H groups in total. The van der Waals surface area contributed by atoms with Gasteiger partial charge in [0.25, 0.3) is 11.5 Å². The quantitative estimate of drug-likeness (QED) is 0.665. The lowest BCUT2D eigenvalue weighted by atomic mass is 10.1. The zero-order valence-corrected chi connectivity index (χ0v) is 17.9. The van der Waals surface area contributed by atoms with E-state index in [1.807, 2.05) is 29.2 Å². The van der Waals surface area contributed by atoms with Gasteiger partial charge in [-0.25, -0.2) is 4.79 Å². The standard InChI is InChI=1S/C24H21ClN4O3/c25-17-6-4-16(5-7-17)23(31)26-20-12-14-28-21(20)15-29(24(28)32)19-10-8-18(9-11-19)27-13-2-1-3-22(27)30/h1-11,13,20-21H,12,14-15H2,(H,26,31)/t20-,21?/m1/s1. The minimum atomic E-state index is -0.169. The van der Waals surface area contributed by atoms with Gasteiger partial charge in [0.2, 0.25) is 0 Å². The Morgan fingerprint density at radius 3 is 2.38 bits per heavy atom. The van der Waals surface area contributed by atoms with Crippen LogP contribution in [0, 0.1) is 0 Å². The van der Waals surface area contributed by atoms with Crippen LogP contribution >= 0.6 is 11.6 Å². The molecule has 0 spiro atoms. The monoisotopic (exact) mass is 448 g/mol. The van der Waals surface area contributed by atoms with E-state index in [1.54, 1.807) is 52.1 Å². The van der Waals surface area contributed by atoms with Gasteiger partial charge in [-0.2, -0.15) is 0 Å². The summed E-state index contributed by atoms with van der Waals surface area (Å²) >= 11 is 5.90. The van der Waals surface area contributed by atoms with Gasteiger partial charge in [0.1, 0.15) is 0 Å². The minimum absolute atomic E-state index is 0.0668. The molecule has 0 aliphatic carbocycles. The Morgan fingerprint density at radius 2 is 1.66 bits per heavy atom. The van der Waals surface area contributed by atoms with E-state index in [4.69, 9.17) is 11.6 Å². The van der Waals surface area contributed by atoms with E-state index in [-0.39, 0.29) is 29.6 Å². The first-order chi connectivity index (χ1) is 15.5. The highest BCUT2D eigenvalue weighted by atomic mass is 35.5. The molecular formula is C24H21ClN4O3. The molecule has 2 atom stereocenters. The summed E-state index contributed by atoms with van der Waals surface area (Å²) in [5.74, 6) is -0.169. The SMILES string of the molecule is O=C(N[C@@H]1CCN2C(=O)N(c3ccc(-n4ccccc4=O)cc3)CC12)c1ccc(Cl)cc1. The van der Waals surface area contributed by atoms with Crippen molar-refractivity contribution in [1.82, 2.24) is 14.8 Å². The second kappa shape index (κ2) is 8.16. The number of rotatable bonds is 4. The highest BCUT2D eigenvalue weighted by Gasteiger charge is 2.46. The number of nitrogens with one attached hydrogen (secondary N) is 1. The van der Waals surface area contributed by atoms with Gasteiger partial charge in [0.15, 0.2) is 0 Å². The van der Waals surface area contributed by atoms with Gasteiger partial charge in [-0.05, 0) is 61.0 Å². The fraction of sp³-hybridized carbons (Fsp3) is 0.208. The van der Waals surface area contributed by atoms with Crippen molar-refractivity contribution in [2.24, 2.45) is 0 Å². The zero-order valence-electron chi connectivity index (χ0n) is 17.1. The van der Waals surface area contributed by atoms with E-state index in [0.29, 0.717) is 23.7 Å². The summed E-state index contributed by atoms with van der Waals surface area (Å²) in [5, 5.41) is 3.65. The van der Waals surface area contributed by atoms with Gasteiger partial charge < -0.3 is 10.2 Å². The number of halogens is 1. The lowest BCUT2D eigenvalue weighted by molar-refractivity contribution is 0.0931. The van der Waals surface area contributed by atoms with E-state index in [0.717, 1.165) is 17.8 Å². The van der Waals surface area contributed by atoms with Crippen LogP contribution in [0.15, 0.2) is 77.7 Å². The van der Waals surface area contributed by atoms with E-state index >= 15 is 0 Å². The predicted molar refractivity (Wildman–Crippen MR) is 123 cm³/mol. The molecule has 5 rings (SSSR count). The van der Waals surface area contributed by atoms with Crippen molar-refractivity contribution in [1.29, 1.82) is 0 Å². The van der Waals surface area contributed by atoms with Crippen molar-refractivity contribution in [2.45, 2.75) is 18.5 Å². The first-order valence-corrected chi connectivity index (χ1v) is 10.8. The van der Waals surface area contributed by atoms with Gasteiger partial charge in [-0.3, -0.25) is 19.1 Å². The third-order valence-corrected chi connectivity index (χ3v) is 6.33. The number of pyridine rings is 1. The van der Waals surface area contributed by atoms with Crippen molar-refractivity contribution in [2.75, 3.05) is 18.0 Å². The van der Waals surface area contributed by atoms with Gasteiger partial charge in [0.05, 0.1) is 18.6 Å². The van der Waals surface area contributed by atoms with Crippen molar-refractivity contribution >= 4 is 29.2 Å². The second-order valence-electron chi connectivity index (χ2n) is 7.95. The summed E-state index contributed by atoms with van der Waals surface area (Å²) in [6.45, 7) is 1.10. The number of carbonyl (C=O) groups excluding carboxylic acids is 2. The summed E-state index contributed by atoms with van der Waals surface area (Å²) < 4.78 is 1.55. The van der Waals surface area contributed by atoms with E-state index < -0.39 is 0 Å².